The molecule has 0 aliphatic carbocycles. The summed E-state index contributed by atoms with van der Waals surface area (Å²) in [6.45, 7) is 1.98. The van der Waals surface area contributed by atoms with E-state index in [1.807, 2.05) is 31.2 Å². The highest BCUT2D eigenvalue weighted by molar-refractivity contribution is 8.00. The number of amides is 1. The molecule has 11 heteroatoms. The van der Waals surface area contributed by atoms with Gasteiger partial charge in [0.2, 0.25) is 16.9 Å². The number of aromatic nitrogens is 2. The molecule has 2 aromatic carbocycles. The lowest BCUT2D eigenvalue weighted by Gasteiger charge is -2.07. The van der Waals surface area contributed by atoms with Gasteiger partial charge >= 0.3 is 0 Å². The lowest BCUT2D eigenvalue weighted by molar-refractivity contribution is -0.115. The van der Waals surface area contributed by atoms with Crippen molar-refractivity contribution in [2.75, 3.05) is 5.32 Å². The molecule has 0 spiro atoms. The van der Waals surface area contributed by atoms with Crippen molar-refractivity contribution >= 4 is 34.1 Å². The van der Waals surface area contributed by atoms with Gasteiger partial charge in [0, 0.05) is 11.3 Å². The molecule has 0 atom stereocenters. The minimum absolute atomic E-state index is 0.0466. The van der Waals surface area contributed by atoms with Crippen LogP contribution >= 0.6 is 23.1 Å². The fraction of sp³-hybridized carbons (Fsp3) is 0.167. The van der Waals surface area contributed by atoms with Crippen molar-refractivity contribution in [1.29, 1.82) is 0 Å². The van der Waals surface area contributed by atoms with Crippen molar-refractivity contribution < 1.29 is 26.7 Å². The second kappa shape index (κ2) is 8.87. The molecule has 29 heavy (non-hydrogen) atoms. The van der Waals surface area contributed by atoms with Gasteiger partial charge in [-0.3, -0.25) is 4.79 Å². The van der Waals surface area contributed by atoms with Crippen LogP contribution in [0.5, 0.6) is 0 Å². The molecule has 3 aromatic rings. The van der Waals surface area contributed by atoms with Crippen LogP contribution in [0.1, 0.15) is 16.7 Å². The molecule has 4 nitrogen and oxygen atoms in total. The number of anilines is 1. The van der Waals surface area contributed by atoms with Crippen LogP contribution in [0.3, 0.4) is 0 Å². The fourth-order valence-corrected chi connectivity index (χ4v) is 4.00. The van der Waals surface area contributed by atoms with Gasteiger partial charge in [0.15, 0.2) is 27.6 Å². The number of hydrogen-bond donors (Lipinski definition) is 1. The van der Waals surface area contributed by atoms with Gasteiger partial charge in [-0.15, -0.1) is 10.2 Å². The number of carbonyl (C=O) groups is 1. The second-order valence-electron chi connectivity index (χ2n) is 5.92. The monoisotopic (exact) mass is 445 g/mol. The van der Waals surface area contributed by atoms with Crippen LogP contribution in [0.25, 0.3) is 0 Å². The summed E-state index contributed by atoms with van der Waals surface area (Å²) in [5.41, 5.74) is 0.985. The molecule has 3 rings (SSSR count). The van der Waals surface area contributed by atoms with E-state index in [-0.39, 0.29) is 5.13 Å². The molecule has 152 valence electrons. The fourth-order valence-electron chi connectivity index (χ4n) is 2.28. The minimum Gasteiger partial charge on any atom is -0.300 e. The summed E-state index contributed by atoms with van der Waals surface area (Å²) in [5.74, 6) is -10.9. The zero-order chi connectivity index (χ0) is 21.1. The van der Waals surface area contributed by atoms with Gasteiger partial charge in [-0.05, 0) is 12.5 Å². The second-order valence-corrected chi connectivity index (χ2v) is 8.12. The van der Waals surface area contributed by atoms with E-state index >= 15 is 0 Å². The molecule has 1 heterocycles. The molecular formula is C18H12F5N3OS2. The lowest BCUT2D eigenvalue weighted by Crippen LogP contribution is -2.18. The third kappa shape index (κ3) is 4.91. The normalized spacial score (nSPS) is 11.0. The molecule has 1 aromatic heterocycles. The third-order valence-corrected chi connectivity index (χ3v) is 5.82. The Bertz CT molecular complexity index is 1030. The first-order valence-electron chi connectivity index (χ1n) is 8.08. The van der Waals surface area contributed by atoms with Crippen LogP contribution in [0.2, 0.25) is 0 Å². The van der Waals surface area contributed by atoms with E-state index in [0.717, 1.165) is 22.5 Å². The van der Waals surface area contributed by atoms with Crippen molar-refractivity contribution in [1.82, 2.24) is 10.2 Å². The zero-order valence-corrected chi connectivity index (χ0v) is 16.4. The van der Waals surface area contributed by atoms with Gasteiger partial charge in [-0.2, -0.15) is 0 Å². The Balaban J connectivity index is 1.63. The van der Waals surface area contributed by atoms with E-state index < -0.39 is 47.0 Å². The van der Waals surface area contributed by atoms with Gasteiger partial charge in [-0.1, -0.05) is 52.9 Å². The Hall–Kier alpha value is -2.53. The summed E-state index contributed by atoms with van der Waals surface area (Å²) in [7, 11) is 0. The summed E-state index contributed by atoms with van der Waals surface area (Å²) in [6.07, 6.45) is -1.04. The quantitative estimate of drug-likeness (QED) is 0.190. The number of hydrogen-bond acceptors (Lipinski definition) is 5. The number of nitrogens with zero attached hydrogens (tertiary/aromatic N) is 2. The number of aryl methyl sites for hydroxylation is 1. The van der Waals surface area contributed by atoms with Crippen molar-refractivity contribution in [2.24, 2.45) is 0 Å². The number of halogens is 5. The number of nitrogens with one attached hydrogen (secondary N) is 1. The smallest absolute Gasteiger partial charge is 0.230 e. The van der Waals surface area contributed by atoms with Crippen LogP contribution in [0, 0.1) is 36.0 Å². The van der Waals surface area contributed by atoms with E-state index in [2.05, 4.69) is 15.5 Å². The van der Waals surface area contributed by atoms with Gasteiger partial charge in [0.25, 0.3) is 0 Å². The number of benzene rings is 2. The maximum atomic E-state index is 13.7. The first-order chi connectivity index (χ1) is 13.8. The standard InChI is InChI=1S/C18H12F5N3OS2/c1-8-2-4-9(5-3-8)7-28-18-26-25-17(29-18)24-11(27)6-10-12(19)14(21)16(23)15(22)13(10)20/h2-5H,6-7H2,1H3,(H,24,25,27). The van der Waals surface area contributed by atoms with E-state index in [9.17, 15) is 26.7 Å². The lowest BCUT2D eigenvalue weighted by atomic mass is 10.1. The summed E-state index contributed by atoms with van der Waals surface area (Å²) >= 11 is 2.40. The molecule has 0 saturated heterocycles. The number of thioether (sulfide) groups is 1. The molecule has 1 N–H and O–H groups in total. The van der Waals surface area contributed by atoms with E-state index in [1.165, 1.54) is 11.8 Å². The zero-order valence-electron chi connectivity index (χ0n) is 14.7. The van der Waals surface area contributed by atoms with Crippen molar-refractivity contribution in [3.05, 3.63) is 70.0 Å². The summed E-state index contributed by atoms with van der Waals surface area (Å²) < 4.78 is 67.3. The average Bonchev–Trinajstić information content (AvgIpc) is 3.15. The maximum Gasteiger partial charge on any atom is 0.230 e. The van der Waals surface area contributed by atoms with Crippen LogP contribution in [-0.4, -0.2) is 16.1 Å². The van der Waals surface area contributed by atoms with Gasteiger partial charge in [0.1, 0.15) is 0 Å². The predicted octanol–water partition coefficient (Wildman–Crippen LogP) is 5.02. The van der Waals surface area contributed by atoms with Gasteiger partial charge in [0.05, 0.1) is 6.42 Å². The average molecular weight is 445 g/mol. The predicted molar refractivity (Wildman–Crippen MR) is 99.2 cm³/mol. The Morgan fingerprint density at radius 3 is 2.17 bits per heavy atom. The molecule has 0 fully saturated rings. The largest absolute Gasteiger partial charge is 0.300 e. The SMILES string of the molecule is Cc1ccc(CSc2nnc(NC(=O)Cc3c(F)c(F)c(F)c(F)c3F)s2)cc1. The summed E-state index contributed by atoms with van der Waals surface area (Å²) in [4.78, 5) is 12.0. The van der Waals surface area contributed by atoms with Crippen LogP contribution < -0.4 is 5.32 Å². The van der Waals surface area contributed by atoms with Crippen molar-refractivity contribution in [2.45, 2.75) is 23.4 Å². The number of rotatable bonds is 6. The summed E-state index contributed by atoms with van der Waals surface area (Å²) in [6, 6.07) is 7.88. The van der Waals surface area contributed by atoms with E-state index in [0.29, 0.717) is 10.1 Å². The molecule has 0 radical (unpaired) electrons. The molecule has 0 unspecified atom stereocenters. The van der Waals surface area contributed by atoms with Crippen LogP contribution in [0.15, 0.2) is 28.6 Å². The van der Waals surface area contributed by atoms with Crippen molar-refractivity contribution in [3.63, 3.8) is 0 Å². The highest BCUT2D eigenvalue weighted by Gasteiger charge is 2.27. The minimum atomic E-state index is -2.27. The maximum absolute atomic E-state index is 13.7. The van der Waals surface area contributed by atoms with E-state index in [1.54, 1.807) is 0 Å². The Morgan fingerprint density at radius 1 is 0.966 bits per heavy atom. The molecule has 0 bridgehead atoms. The van der Waals surface area contributed by atoms with Gasteiger partial charge < -0.3 is 5.32 Å². The Morgan fingerprint density at radius 2 is 1.55 bits per heavy atom. The highest BCUT2D eigenvalue weighted by atomic mass is 32.2. The van der Waals surface area contributed by atoms with Crippen LogP contribution in [-0.2, 0) is 17.0 Å². The van der Waals surface area contributed by atoms with E-state index in [4.69, 9.17) is 0 Å². The Labute approximate surface area is 170 Å². The first kappa shape index (κ1) is 21.2. The number of carbonyl (C=O) groups excluding carboxylic acids is 1. The van der Waals surface area contributed by atoms with Crippen molar-refractivity contribution in [3.8, 4) is 0 Å². The molecule has 0 aliphatic rings. The Kier molecular flexibility index (Phi) is 6.48. The summed E-state index contributed by atoms with van der Waals surface area (Å²) in [5, 5.41) is 9.91. The highest BCUT2D eigenvalue weighted by Crippen LogP contribution is 2.29. The topological polar surface area (TPSA) is 54.9 Å². The van der Waals surface area contributed by atoms with Gasteiger partial charge in [-0.25, -0.2) is 22.0 Å². The molecular weight excluding hydrogens is 433 g/mol. The third-order valence-electron chi connectivity index (χ3n) is 3.77. The molecule has 1 amide bonds. The molecule has 0 saturated carbocycles. The van der Waals surface area contributed by atoms with Crippen LogP contribution in [0.4, 0.5) is 27.1 Å². The molecule has 0 aliphatic heterocycles. The first-order valence-corrected chi connectivity index (χ1v) is 9.88.